The summed E-state index contributed by atoms with van der Waals surface area (Å²) in [7, 11) is 1.60. The molecule has 1 aromatic rings. The van der Waals surface area contributed by atoms with Crippen molar-refractivity contribution in [2.75, 3.05) is 20.1 Å². The Labute approximate surface area is 122 Å². The van der Waals surface area contributed by atoms with Crippen LogP contribution in [0, 0.1) is 5.41 Å². The molecule has 0 spiro atoms. The number of benzene rings is 1. The van der Waals surface area contributed by atoms with Gasteiger partial charge in [-0.1, -0.05) is 11.6 Å². The van der Waals surface area contributed by atoms with E-state index in [4.69, 9.17) is 11.6 Å². The third-order valence-corrected chi connectivity index (χ3v) is 4.03. The maximum Gasteiger partial charge on any atom is 0.253 e. The topological polar surface area (TPSA) is 69.6 Å². The van der Waals surface area contributed by atoms with Crippen LogP contribution < -0.4 is 5.32 Å². The second-order valence-electron chi connectivity index (χ2n) is 5.28. The summed E-state index contributed by atoms with van der Waals surface area (Å²) in [5.41, 5.74) is -0.139. The second kappa shape index (κ2) is 5.32. The smallest absolute Gasteiger partial charge is 0.253 e. The summed E-state index contributed by atoms with van der Waals surface area (Å²) >= 11 is 5.81. The molecular formula is C14H17ClN2O3. The number of nitrogens with zero attached hydrogens (tertiary/aromatic N) is 1. The molecule has 1 aliphatic rings. The van der Waals surface area contributed by atoms with Crippen LogP contribution in [0.5, 0.6) is 5.75 Å². The van der Waals surface area contributed by atoms with E-state index in [2.05, 4.69) is 5.32 Å². The predicted molar refractivity (Wildman–Crippen MR) is 75.8 cm³/mol. The maximum atomic E-state index is 12.4. The normalized spacial score (nSPS) is 21.9. The Bertz CT molecular complexity index is 561. The fourth-order valence-corrected chi connectivity index (χ4v) is 2.62. The fraction of sp³-hybridized carbons (Fsp3) is 0.429. The summed E-state index contributed by atoms with van der Waals surface area (Å²) in [4.78, 5) is 25.8. The van der Waals surface area contributed by atoms with E-state index >= 15 is 0 Å². The van der Waals surface area contributed by atoms with Crippen molar-refractivity contribution in [3.05, 3.63) is 28.8 Å². The van der Waals surface area contributed by atoms with E-state index in [9.17, 15) is 14.7 Å². The van der Waals surface area contributed by atoms with E-state index in [1.54, 1.807) is 11.9 Å². The number of phenolic OH excluding ortho intramolecular Hbond substituents is 1. The molecule has 0 bridgehead atoms. The molecule has 0 saturated carbocycles. The molecule has 0 aliphatic carbocycles. The predicted octanol–water partition coefficient (Wildman–Crippen LogP) is 1.64. The standard InChI is InChI=1S/C14H17ClN2O3/c1-14(13(20)16-2)5-6-17(8-14)12(19)9-3-4-11(18)10(15)7-9/h3-4,7,18H,5-6,8H2,1-2H3,(H,16,20). The van der Waals surface area contributed by atoms with Crippen LogP contribution >= 0.6 is 11.6 Å². The highest BCUT2D eigenvalue weighted by atomic mass is 35.5. The van der Waals surface area contributed by atoms with Crippen LogP contribution in [0.1, 0.15) is 23.7 Å². The highest BCUT2D eigenvalue weighted by molar-refractivity contribution is 6.32. The van der Waals surface area contributed by atoms with E-state index in [0.29, 0.717) is 25.1 Å². The zero-order chi connectivity index (χ0) is 14.9. The van der Waals surface area contributed by atoms with Crippen LogP contribution in [0.2, 0.25) is 5.02 Å². The highest BCUT2D eigenvalue weighted by Gasteiger charge is 2.41. The van der Waals surface area contributed by atoms with Crippen molar-refractivity contribution >= 4 is 23.4 Å². The van der Waals surface area contributed by atoms with Gasteiger partial charge in [-0.05, 0) is 31.5 Å². The van der Waals surface area contributed by atoms with Crippen molar-refractivity contribution in [2.45, 2.75) is 13.3 Å². The Hall–Kier alpha value is -1.75. The lowest BCUT2D eigenvalue weighted by Gasteiger charge is -2.22. The molecule has 0 aromatic heterocycles. The van der Waals surface area contributed by atoms with Crippen LogP contribution in [0.4, 0.5) is 0 Å². The van der Waals surface area contributed by atoms with Gasteiger partial charge in [-0.2, -0.15) is 0 Å². The monoisotopic (exact) mass is 296 g/mol. The molecule has 1 fully saturated rings. The Morgan fingerprint density at radius 1 is 1.45 bits per heavy atom. The maximum absolute atomic E-state index is 12.4. The van der Waals surface area contributed by atoms with Crippen molar-refractivity contribution < 1.29 is 14.7 Å². The molecular weight excluding hydrogens is 280 g/mol. The second-order valence-corrected chi connectivity index (χ2v) is 5.69. The molecule has 5 nitrogen and oxygen atoms in total. The highest BCUT2D eigenvalue weighted by Crippen LogP contribution is 2.32. The minimum absolute atomic E-state index is 0.0557. The summed E-state index contributed by atoms with van der Waals surface area (Å²) in [6.45, 7) is 2.76. The average molecular weight is 297 g/mol. The van der Waals surface area contributed by atoms with Gasteiger partial charge in [-0.15, -0.1) is 0 Å². The summed E-state index contributed by atoms with van der Waals surface area (Å²) in [5.74, 6) is -0.295. The van der Waals surface area contributed by atoms with Crippen molar-refractivity contribution in [1.29, 1.82) is 0 Å². The molecule has 20 heavy (non-hydrogen) atoms. The van der Waals surface area contributed by atoms with Crippen LogP contribution in [-0.2, 0) is 4.79 Å². The molecule has 1 unspecified atom stereocenters. The largest absolute Gasteiger partial charge is 0.506 e. The van der Waals surface area contributed by atoms with Gasteiger partial charge in [0.25, 0.3) is 5.91 Å². The van der Waals surface area contributed by atoms with Crippen molar-refractivity contribution in [3.8, 4) is 5.75 Å². The quantitative estimate of drug-likeness (QED) is 0.872. The summed E-state index contributed by atoms with van der Waals surface area (Å²) in [6, 6.07) is 4.36. The number of hydrogen-bond donors (Lipinski definition) is 2. The van der Waals surface area contributed by atoms with E-state index in [1.807, 2.05) is 6.92 Å². The number of amides is 2. The third-order valence-electron chi connectivity index (χ3n) is 3.73. The number of nitrogens with one attached hydrogen (secondary N) is 1. The summed E-state index contributed by atoms with van der Waals surface area (Å²) in [6.07, 6.45) is 0.629. The number of halogens is 1. The number of aromatic hydroxyl groups is 1. The molecule has 1 aliphatic heterocycles. The molecule has 2 N–H and O–H groups in total. The number of carbonyl (C=O) groups excluding carboxylic acids is 2. The summed E-state index contributed by atoms with van der Waals surface area (Å²) in [5, 5.41) is 12.1. The van der Waals surface area contributed by atoms with Crippen LogP contribution in [0.3, 0.4) is 0 Å². The minimum atomic E-state index is -0.550. The fourth-order valence-electron chi connectivity index (χ4n) is 2.44. The van der Waals surface area contributed by atoms with Gasteiger partial charge in [-0.25, -0.2) is 0 Å². The van der Waals surface area contributed by atoms with E-state index in [1.165, 1.54) is 18.2 Å². The molecule has 1 heterocycles. The van der Waals surface area contributed by atoms with Crippen molar-refractivity contribution in [2.24, 2.45) is 5.41 Å². The van der Waals surface area contributed by atoms with Crippen LogP contribution in [0.15, 0.2) is 18.2 Å². The van der Waals surface area contributed by atoms with E-state index in [0.717, 1.165) is 0 Å². The SMILES string of the molecule is CNC(=O)C1(C)CCN(C(=O)c2ccc(O)c(Cl)c2)C1. The van der Waals surface area contributed by atoms with Crippen LogP contribution in [0.25, 0.3) is 0 Å². The first-order chi connectivity index (χ1) is 9.37. The molecule has 2 rings (SSSR count). The Morgan fingerprint density at radius 3 is 2.75 bits per heavy atom. The number of carbonyl (C=O) groups is 2. The summed E-state index contributed by atoms with van der Waals surface area (Å²) < 4.78 is 0. The lowest BCUT2D eigenvalue weighted by atomic mass is 9.89. The zero-order valence-corrected chi connectivity index (χ0v) is 12.2. The molecule has 1 saturated heterocycles. The number of phenols is 1. The first-order valence-corrected chi connectivity index (χ1v) is 6.75. The van der Waals surface area contributed by atoms with E-state index < -0.39 is 5.41 Å². The van der Waals surface area contributed by atoms with Crippen molar-refractivity contribution in [3.63, 3.8) is 0 Å². The van der Waals surface area contributed by atoms with Gasteiger partial charge >= 0.3 is 0 Å². The van der Waals surface area contributed by atoms with Gasteiger partial charge in [0, 0.05) is 25.7 Å². The van der Waals surface area contributed by atoms with Crippen molar-refractivity contribution in [1.82, 2.24) is 10.2 Å². The van der Waals surface area contributed by atoms with Gasteiger partial charge in [0.2, 0.25) is 5.91 Å². The van der Waals surface area contributed by atoms with Gasteiger partial charge in [0.15, 0.2) is 0 Å². The zero-order valence-electron chi connectivity index (χ0n) is 11.4. The van der Waals surface area contributed by atoms with Gasteiger partial charge < -0.3 is 15.3 Å². The van der Waals surface area contributed by atoms with Gasteiger partial charge in [-0.3, -0.25) is 9.59 Å². The van der Waals surface area contributed by atoms with Crippen LogP contribution in [-0.4, -0.2) is 42.0 Å². The van der Waals surface area contributed by atoms with Gasteiger partial charge in [0.1, 0.15) is 5.75 Å². The number of likely N-dealkylation sites (tertiary alicyclic amines) is 1. The molecule has 1 aromatic carbocycles. The third kappa shape index (κ3) is 2.58. The number of rotatable bonds is 2. The first-order valence-electron chi connectivity index (χ1n) is 6.37. The van der Waals surface area contributed by atoms with E-state index in [-0.39, 0.29) is 22.6 Å². The molecule has 108 valence electrons. The molecule has 0 radical (unpaired) electrons. The lowest BCUT2D eigenvalue weighted by Crippen LogP contribution is -2.40. The Balaban J connectivity index is 2.15. The lowest BCUT2D eigenvalue weighted by molar-refractivity contribution is -0.128. The molecule has 1 atom stereocenters. The molecule has 6 heteroatoms. The number of hydrogen-bond acceptors (Lipinski definition) is 3. The molecule has 2 amide bonds. The first kappa shape index (κ1) is 14.7. The average Bonchev–Trinajstić information content (AvgIpc) is 2.84. The Morgan fingerprint density at radius 2 is 2.15 bits per heavy atom. The Kier molecular flexibility index (Phi) is 3.90. The van der Waals surface area contributed by atoms with Gasteiger partial charge in [0.05, 0.1) is 10.4 Å². The minimum Gasteiger partial charge on any atom is -0.506 e.